The third kappa shape index (κ3) is 7.39. The van der Waals surface area contributed by atoms with Crippen LogP contribution in [0.1, 0.15) is 30.9 Å². The Balaban J connectivity index is 1.48. The molecule has 210 valence electrons. The van der Waals surface area contributed by atoms with Gasteiger partial charge in [-0.25, -0.2) is 24.9 Å². The smallest absolute Gasteiger partial charge is 0.379 e. The van der Waals surface area contributed by atoms with E-state index in [0.29, 0.717) is 12.4 Å². The van der Waals surface area contributed by atoms with E-state index >= 15 is 0 Å². The van der Waals surface area contributed by atoms with Crippen LogP contribution in [0.15, 0.2) is 23.4 Å². The summed E-state index contributed by atoms with van der Waals surface area (Å²) in [5, 5.41) is 6.51. The summed E-state index contributed by atoms with van der Waals surface area (Å²) in [5.74, 6) is -1.73. The fourth-order valence-corrected chi connectivity index (χ4v) is 4.17. The number of carbonyl (C=O) groups is 1. The van der Waals surface area contributed by atoms with E-state index in [2.05, 4.69) is 20.4 Å². The van der Waals surface area contributed by atoms with E-state index in [4.69, 9.17) is 4.84 Å². The van der Waals surface area contributed by atoms with E-state index in [-0.39, 0.29) is 48.7 Å². The molecule has 2 atom stereocenters. The van der Waals surface area contributed by atoms with Gasteiger partial charge in [0.2, 0.25) is 5.95 Å². The van der Waals surface area contributed by atoms with Crippen molar-refractivity contribution < 1.29 is 40.4 Å². The molecule has 38 heavy (non-hydrogen) atoms. The number of aromatic amines is 1. The Morgan fingerprint density at radius 2 is 1.76 bits per heavy atom. The number of rotatable bonds is 8. The minimum atomic E-state index is -4.94. The summed E-state index contributed by atoms with van der Waals surface area (Å²) in [4.78, 5) is 37.9. The molecule has 2 aromatic heterocycles. The van der Waals surface area contributed by atoms with Gasteiger partial charge < -0.3 is 10.2 Å². The standard InChI is InChI=1S/C20H24F7N7O3Si/c1-18(38,31-12-8-30-32-15(35)13(12)20(25,26)27)9-37-33-16(36)14(21)10-2-4-34(5-3-10)17-28-6-11(7-29-17)19(22,23)24/h6-8,10,14H,2-5,9H2,1,38H3,(H,33,36)(H2,31,32,35)/t14?,18-/m0/s1. The highest BCUT2D eigenvalue weighted by molar-refractivity contribution is 6.16. The van der Waals surface area contributed by atoms with Crippen molar-refractivity contribution in [3.05, 3.63) is 40.1 Å². The predicted octanol–water partition coefficient (Wildman–Crippen LogP) is 1.39. The maximum Gasteiger partial charge on any atom is 0.423 e. The number of carbonyl (C=O) groups excluding carboxylic acids is 1. The number of hydrogen-bond acceptors (Lipinski definition) is 8. The lowest BCUT2D eigenvalue weighted by atomic mass is 9.92. The predicted molar refractivity (Wildman–Crippen MR) is 123 cm³/mol. The third-order valence-electron chi connectivity index (χ3n) is 5.67. The number of H-pyrrole nitrogens is 1. The largest absolute Gasteiger partial charge is 0.423 e. The molecule has 2 aromatic rings. The van der Waals surface area contributed by atoms with Crippen LogP contribution in [0.5, 0.6) is 0 Å². The van der Waals surface area contributed by atoms with E-state index in [9.17, 15) is 40.3 Å². The number of aromatic nitrogens is 4. The molecule has 0 radical (unpaired) electrons. The summed E-state index contributed by atoms with van der Waals surface area (Å²) in [5.41, 5.74) is -2.49. The number of hydrogen-bond donors (Lipinski definition) is 3. The van der Waals surface area contributed by atoms with Crippen LogP contribution < -0.4 is 21.3 Å². The van der Waals surface area contributed by atoms with Crippen LogP contribution >= 0.6 is 0 Å². The summed E-state index contributed by atoms with van der Waals surface area (Å²) in [6.45, 7) is 1.56. The second-order valence-electron chi connectivity index (χ2n) is 9.25. The molecule has 1 amide bonds. The number of hydroxylamine groups is 1. The third-order valence-corrected chi connectivity index (χ3v) is 6.21. The van der Waals surface area contributed by atoms with Crippen molar-refractivity contribution >= 4 is 27.8 Å². The van der Waals surface area contributed by atoms with Gasteiger partial charge in [0.15, 0.2) is 6.17 Å². The summed E-state index contributed by atoms with van der Waals surface area (Å²) in [7, 11) is 0.193. The molecule has 0 saturated carbocycles. The molecule has 0 bridgehead atoms. The number of piperidine rings is 1. The van der Waals surface area contributed by atoms with Gasteiger partial charge in [0.1, 0.15) is 5.56 Å². The van der Waals surface area contributed by atoms with Crippen LogP contribution in [0, 0.1) is 5.92 Å². The highest BCUT2D eigenvalue weighted by atomic mass is 28.1. The van der Waals surface area contributed by atoms with E-state index in [0.717, 1.165) is 6.20 Å². The van der Waals surface area contributed by atoms with Gasteiger partial charge in [-0.1, -0.05) is 0 Å². The minimum absolute atomic E-state index is 0.0582. The summed E-state index contributed by atoms with van der Waals surface area (Å²) in [6.07, 6.45) is -8.98. The van der Waals surface area contributed by atoms with Crippen LogP contribution in [0.3, 0.4) is 0 Å². The van der Waals surface area contributed by atoms with Gasteiger partial charge >= 0.3 is 12.4 Å². The van der Waals surface area contributed by atoms with Gasteiger partial charge in [0, 0.05) is 46.8 Å². The zero-order valence-corrected chi connectivity index (χ0v) is 22.1. The molecular formula is C20H24F7N7O3Si. The summed E-state index contributed by atoms with van der Waals surface area (Å²) >= 11 is 0. The van der Waals surface area contributed by atoms with Gasteiger partial charge in [0.25, 0.3) is 11.5 Å². The van der Waals surface area contributed by atoms with Gasteiger partial charge in [-0.05, 0) is 19.8 Å². The van der Waals surface area contributed by atoms with Crippen molar-refractivity contribution in [2.75, 3.05) is 29.9 Å². The fourth-order valence-electron chi connectivity index (χ4n) is 3.76. The first-order valence-corrected chi connectivity index (χ1v) is 12.2. The average molecular weight is 572 g/mol. The lowest BCUT2D eigenvalue weighted by Crippen LogP contribution is -2.47. The van der Waals surface area contributed by atoms with Crippen LogP contribution in [0.25, 0.3) is 0 Å². The van der Waals surface area contributed by atoms with Gasteiger partial charge in [0.05, 0.1) is 24.1 Å². The average Bonchev–Trinajstić information content (AvgIpc) is 2.82. The number of halogens is 7. The Morgan fingerprint density at radius 3 is 2.32 bits per heavy atom. The Kier molecular flexibility index (Phi) is 8.64. The lowest BCUT2D eigenvalue weighted by molar-refractivity contribution is -0.141. The van der Waals surface area contributed by atoms with Crippen molar-refractivity contribution in [3.63, 3.8) is 0 Å². The molecule has 0 spiro atoms. The Hall–Kier alpha value is -3.28. The fraction of sp³-hybridized carbons (Fsp3) is 0.550. The van der Waals surface area contributed by atoms with E-state index in [1.54, 1.807) is 10.00 Å². The second kappa shape index (κ2) is 11.2. The van der Waals surface area contributed by atoms with Crippen LogP contribution in [-0.2, 0) is 22.0 Å². The molecule has 10 nitrogen and oxygen atoms in total. The van der Waals surface area contributed by atoms with Gasteiger partial charge in [-0.15, -0.1) is 0 Å². The van der Waals surface area contributed by atoms with Crippen LogP contribution in [0.2, 0.25) is 0 Å². The van der Waals surface area contributed by atoms with Crippen LogP contribution in [-0.4, -0.2) is 67.3 Å². The van der Waals surface area contributed by atoms with Gasteiger partial charge in [-0.2, -0.15) is 31.4 Å². The molecular weight excluding hydrogens is 547 g/mol. The van der Waals surface area contributed by atoms with Gasteiger partial charge in [-0.3, -0.25) is 14.4 Å². The SMILES string of the molecule is C[C@]([SiH3])(CONC(=O)C(F)C1CCN(c2ncc(C(F)(F)F)cn2)CC1)Nc1cn[nH]c(=O)c1C(F)(F)F. The first kappa shape index (κ1) is 29.3. The topological polar surface area (TPSA) is 125 Å². The molecule has 0 aliphatic carbocycles. The quantitative estimate of drug-likeness (QED) is 0.247. The molecule has 3 rings (SSSR count). The highest BCUT2D eigenvalue weighted by Gasteiger charge is 2.39. The normalized spacial score (nSPS) is 17.6. The van der Waals surface area contributed by atoms with Crippen molar-refractivity contribution in [2.45, 2.75) is 43.5 Å². The number of alkyl halides is 7. The molecule has 1 unspecified atom stereocenters. The highest BCUT2D eigenvalue weighted by Crippen LogP contribution is 2.32. The number of nitrogens with one attached hydrogen (secondary N) is 3. The molecule has 1 fully saturated rings. The second-order valence-corrected chi connectivity index (χ2v) is 11.5. The molecule has 3 heterocycles. The Morgan fingerprint density at radius 1 is 1.16 bits per heavy atom. The Labute approximate surface area is 213 Å². The molecule has 3 N–H and O–H groups in total. The van der Waals surface area contributed by atoms with E-state index in [1.165, 1.54) is 6.92 Å². The first-order chi connectivity index (χ1) is 17.6. The first-order valence-electron chi connectivity index (χ1n) is 11.2. The summed E-state index contributed by atoms with van der Waals surface area (Å²) < 4.78 is 92.4. The van der Waals surface area contributed by atoms with E-state index in [1.807, 2.05) is 5.48 Å². The molecule has 1 aliphatic rings. The molecule has 0 aromatic carbocycles. The van der Waals surface area contributed by atoms with Crippen molar-refractivity contribution in [2.24, 2.45) is 5.92 Å². The maximum atomic E-state index is 14.7. The minimum Gasteiger partial charge on any atom is -0.379 e. The van der Waals surface area contributed by atoms with Crippen molar-refractivity contribution in [1.82, 2.24) is 25.6 Å². The van der Waals surface area contributed by atoms with Crippen molar-refractivity contribution in [1.29, 1.82) is 0 Å². The zero-order valence-electron chi connectivity index (χ0n) is 20.1. The number of amides is 1. The Bertz CT molecular complexity index is 1170. The van der Waals surface area contributed by atoms with E-state index < -0.39 is 57.9 Å². The van der Waals surface area contributed by atoms with Crippen LogP contribution in [0.4, 0.5) is 42.4 Å². The molecule has 1 saturated heterocycles. The summed E-state index contributed by atoms with van der Waals surface area (Å²) in [6, 6.07) is 0. The lowest BCUT2D eigenvalue weighted by Gasteiger charge is -2.33. The molecule has 1 aliphatic heterocycles. The number of nitrogens with zero attached hydrogens (tertiary/aromatic N) is 4. The maximum absolute atomic E-state index is 14.7. The van der Waals surface area contributed by atoms with Crippen molar-refractivity contribution in [3.8, 4) is 0 Å². The monoisotopic (exact) mass is 571 g/mol. The molecule has 18 heteroatoms. The number of anilines is 2. The zero-order chi connectivity index (χ0) is 28.3.